The van der Waals surface area contributed by atoms with Gasteiger partial charge in [0.15, 0.2) is 0 Å². The molecule has 0 radical (unpaired) electrons. The van der Waals surface area contributed by atoms with Crippen molar-refractivity contribution in [2.75, 3.05) is 85.1 Å². The SMILES string of the molecule is CC(=O)CC[C@@H](NC(=O)N[C@H](CCCCN(Cc1ccc(I)cc1)C(=O)c1ccc(CNC(=O)CN2CCN(CC(=O)O)CCN(CC(=O)O)CCN(CC(=O)O)CC2)cc1)C(=O)O)C(=O)O. The van der Waals surface area contributed by atoms with Crippen LogP contribution in [0.1, 0.15) is 60.5 Å². The minimum absolute atomic E-state index is 0.0148. The van der Waals surface area contributed by atoms with Crippen LogP contribution in [0, 0.1) is 3.57 Å². The Hall–Kier alpha value is -5.76. The number of rotatable bonds is 25. The number of carboxylic acid groups (broad SMARTS) is 5. The molecule has 1 fully saturated rings. The Morgan fingerprint density at radius 2 is 1.03 bits per heavy atom. The molecule has 0 saturated carbocycles. The monoisotopic (exact) mass is 1050 g/mol. The number of nitrogens with zero attached hydrogens (tertiary/aromatic N) is 5. The van der Waals surface area contributed by atoms with E-state index in [4.69, 9.17) is 0 Å². The zero-order valence-corrected chi connectivity index (χ0v) is 39.6. The maximum Gasteiger partial charge on any atom is 0.326 e. The molecule has 0 unspecified atom stereocenters. The normalized spacial score (nSPS) is 15.4. The smallest absolute Gasteiger partial charge is 0.326 e. The number of carbonyl (C=O) groups excluding carboxylic acids is 4. The van der Waals surface area contributed by atoms with E-state index in [0.29, 0.717) is 17.5 Å². The first-order valence-electron chi connectivity index (χ1n) is 21.7. The summed E-state index contributed by atoms with van der Waals surface area (Å²) in [4.78, 5) is 118. The van der Waals surface area contributed by atoms with Gasteiger partial charge in [0.05, 0.1) is 26.2 Å². The van der Waals surface area contributed by atoms with E-state index in [1.165, 1.54) is 6.92 Å². The summed E-state index contributed by atoms with van der Waals surface area (Å²) in [5, 5.41) is 54.9. The molecule has 0 bridgehead atoms. The summed E-state index contributed by atoms with van der Waals surface area (Å²) in [6, 6.07) is 10.5. The third kappa shape index (κ3) is 22.5. The van der Waals surface area contributed by atoms with Gasteiger partial charge in [0, 0.05) is 87.5 Å². The fraction of sp³-hybridized carbons (Fsp3) is 0.523. The number of benzene rings is 2. The molecule has 1 aliphatic rings. The van der Waals surface area contributed by atoms with E-state index in [1.54, 1.807) is 43.9 Å². The summed E-state index contributed by atoms with van der Waals surface area (Å²) < 4.78 is 1.00. The number of hydrogen-bond donors (Lipinski definition) is 8. The van der Waals surface area contributed by atoms with E-state index < -0.39 is 48.0 Å². The van der Waals surface area contributed by atoms with Crippen molar-refractivity contribution in [3.63, 3.8) is 0 Å². The van der Waals surface area contributed by atoms with Crippen LogP contribution in [0.2, 0.25) is 0 Å². The minimum Gasteiger partial charge on any atom is -0.480 e. The average molecular weight is 1050 g/mol. The van der Waals surface area contributed by atoms with Crippen LogP contribution >= 0.6 is 22.6 Å². The molecule has 4 amide bonds. The van der Waals surface area contributed by atoms with Crippen molar-refractivity contribution >= 4 is 76.1 Å². The van der Waals surface area contributed by atoms with Gasteiger partial charge in [-0.1, -0.05) is 24.3 Å². The molecule has 0 spiro atoms. The van der Waals surface area contributed by atoms with Crippen LogP contribution in [-0.4, -0.2) is 201 Å². The zero-order valence-electron chi connectivity index (χ0n) is 37.4. The molecule has 1 heterocycles. The highest BCUT2D eigenvalue weighted by Gasteiger charge is 2.26. The molecular weight excluding hydrogens is 991 g/mol. The van der Waals surface area contributed by atoms with Crippen LogP contribution in [0.3, 0.4) is 0 Å². The zero-order chi connectivity index (χ0) is 49.5. The second-order valence-corrected chi connectivity index (χ2v) is 17.5. The van der Waals surface area contributed by atoms with Gasteiger partial charge in [-0.05, 0) is 90.6 Å². The molecule has 3 rings (SSSR count). The van der Waals surface area contributed by atoms with Gasteiger partial charge >= 0.3 is 35.9 Å². The molecule has 67 heavy (non-hydrogen) atoms. The van der Waals surface area contributed by atoms with Gasteiger partial charge < -0.3 is 51.2 Å². The number of nitrogens with one attached hydrogen (secondary N) is 3. The van der Waals surface area contributed by atoms with Crippen molar-refractivity contribution in [1.82, 2.24) is 40.4 Å². The van der Waals surface area contributed by atoms with Gasteiger partial charge in [-0.25, -0.2) is 14.4 Å². The van der Waals surface area contributed by atoms with Crippen molar-refractivity contribution in [3.05, 3.63) is 68.8 Å². The van der Waals surface area contributed by atoms with E-state index >= 15 is 0 Å². The van der Waals surface area contributed by atoms with E-state index in [9.17, 15) is 68.7 Å². The summed E-state index contributed by atoms with van der Waals surface area (Å²) in [6.07, 6.45) is 0.394. The fourth-order valence-corrected chi connectivity index (χ4v) is 7.49. The van der Waals surface area contributed by atoms with E-state index in [2.05, 4.69) is 38.5 Å². The molecule has 1 saturated heterocycles. The molecule has 0 aromatic heterocycles. The predicted octanol–water partition coefficient (Wildman–Crippen LogP) is 0.770. The highest BCUT2D eigenvalue weighted by molar-refractivity contribution is 14.1. The number of aliphatic carboxylic acids is 5. The quantitative estimate of drug-likeness (QED) is 0.0503. The number of hydrogen-bond acceptors (Lipinski definition) is 13. The van der Waals surface area contributed by atoms with Crippen molar-refractivity contribution in [3.8, 4) is 0 Å². The first kappa shape index (κ1) is 55.6. The largest absolute Gasteiger partial charge is 0.480 e. The Kier molecular flexibility index (Phi) is 24.1. The van der Waals surface area contributed by atoms with Crippen LogP contribution in [0.5, 0.6) is 0 Å². The van der Waals surface area contributed by atoms with Gasteiger partial charge in [0.2, 0.25) is 5.91 Å². The number of carboxylic acids is 5. The van der Waals surface area contributed by atoms with Crippen LogP contribution in [0.15, 0.2) is 48.5 Å². The minimum atomic E-state index is -1.39. The van der Waals surface area contributed by atoms with Crippen LogP contribution in [-0.2, 0) is 46.7 Å². The van der Waals surface area contributed by atoms with Crippen molar-refractivity contribution in [2.45, 2.75) is 64.2 Å². The summed E-state index contributed by atoms with van der Waals surface area (Å²) >= 11 is 2.17. The van der Waals surface area contributed by atoms with Crippen molar-refractivity contribution in [1.29, 1.82) is 0 Å². The molecule has 2 atom stereocenters. The standard InChI is InChI=1S/C44H61IN8O14/c1-30(54)5-14-36(43(65)66)48-44(67)47-35(42(63)64)4-2-3-15-53(25-32-8-12-34(45)13-9-32)41(62)33-10-6-31(7-11-33)24-46-37(55)26-49-16-18-50(27-38(56)57)20-22-52(29-40(60)61)23-21-51(19-17-49)28-39(58)59/h6-13,35-36H,2-5,14-29H2,1H3,(H,46,55)(H,56,57)(H,58,59)(H,60,61)(H,63,64)(H,65,66)(H2,47,48,67)/t35-,36-/m1/s1. The maximum absolute atomic E-state index is 13.9. The van der Waals surface area contributed by atoms with Crippen molar-refractivity contribution in [2.24, 2.45) is 0 Å². The Balaban J connectivity index is 1.64. The highest BCUT2D eigenvalue weighted by atomic mass is 127. The Morgan fingerprint density at radius 3 is 1.46 bits per heavy atom. The molecule has 23 heteroatoms. The van der Waals surface area contributed by atoms with Gasteiger partial charge in [-0.2, -0.15) is 0 Å². The topological polar surface area (TPSA) is 307 Å². The highest BCUT2D eigenvalue weighted by Crippen LogP contribution is 2.16. The summed E-state index contributed by atoms with van der Waals surface area (Å²) in [7, 11) is 0. The molecule has 22 nitrogen and oxygen atoms in total. The second-order valence-electron chi connectivity index (χ2n) is 16.2. The number of Topliss-reactive ketones (excluding diaryl/α,β-unsaturated/α-hetero) is 1. The van der Waals surface area contributed by atoms with Gasteiger partial charge in [-0.15, -0.1) is 0 Å². The lowest BCUT2D eigenvalue weighted by molar-refractivity contribution is -0.140. The Bertz CT molecular complexity index is 1980. The third-order valence-corrected chi connectivity index (χ3v) is 11.5. The average Bonchev–Trinajstić information content (AvgIpc) is 3.25. The Labute approximate surface area is 401 Å². The lowest BCUT2D eigenvalue weighted by Crippen LogP contribution is -2.51. The molecule has 2 aromatic carbocycles. The molecule has 2 aromatic rings. The summed E-state index contributed by atoms with van der Waals surface area (Å²) in [5.74, 6) is -6.76. The third-order valence-electron chi connectivity index (χ3n) is 10.8. The number of carbonyl (C=O) groups is 9. The lowest BCUT2D eigenvalue weighted by Gasteiger charge is -2.32. The number of urea groups is 1. The van der Waals surface area contributed by atoms with Crippen LogP contribution in [0.25, 0.3) is 0 Å². The van der Waals surface area contributed by atoms with Crippen LogP contribution < -0.4 is 16.0 Å². The Morgan fingerprint density at radius 1 is 0.597 bits per heavy atom. The van der Waals surface area contributed by atoms with Gasteiger partial charge in [0.25, 0.3) is 5.91 Å². The van der Waals surface area contributed by atoms with E-state index in [0.717, 1.165) is 9.13 Å². The first-order valence-corrected chi connectivity index (χ1v) is 22.8. The molecule has 1 aliphatic heterocycles. The first-order chi connectivity index (χ1) is 31.8. The van der Waals surface area contributed by atoms with E-state index in [-0.39, 0.29) is 141 Å². The summed E-state index contributed by atoms with van der Waals surface area (Å²) in [6.45, 7) is 3.03. The summed E-state index contributed by atoms with van der Waals surface area (Å²) in [5.41, 5.74) is 1.91. The van der Waals surface area contributed by atoms with Gasteiger partial charge in [-0.3, -0.25) is 43.6 Å². The second kappa shape index (κ2) is 29.1. The maximum atomic E-state index is 13.9. The number of unbranched alkanes of at least 4 members (excludes halogenated alkanes) is 1. The van der Waals surface area contributed by atoms with Gasteiger partial charge in [0.1, 0.15) is 17.9 Å². The fourth-order valence-electron chi connectivity index (χ4n) is 7.13. The van der Waals surface area contributed by atoms with Crippen molar-refractivity contribution < 1.29 is 68.7 Å². The number of ketones is 1. The molecular formula is C44H61IN8O14. The lowest BCUT2D eigenvalue weighted by atomic mass is 10.1. The molecule has 8 N–H and O–H groups in total. The number of amides is 4. The molecule has 368 valence electrons. The number of halogens is 1. The predicted molar refractivity (Wildman–Crippen MR) is 249 cm³/mol. The van der Waals surface area contributed by atoms with Crippen LogP contribution in [0.4, 0.5) is 4.79 Å². The molecule has 0 aliphatic carbocycles. The van der Waals surface area contributed by atoms with E-state index in [1.807, 2.05) is 29.2 Å².